The SMILES string of the molecule is C=N/C(=C\OCc1nc2oc1[C@@]1(C#N)CCC(=C)/C1=C\C(=C/C)CCC(=O)N[C@H]2C(C)(C)C)CCC(=O)OCC. The van der Waals surface area contributed by atoms with Crippen LogP contribution < -0.4 is 5.32 Å². The van der Waals surface area contributed by atoms with Gasteiger partial charge in [-0.15, -0.1) is 0 Å². The highest BCUT2D eigenvalue weighted by Crippen LogP contribution is 2.50. The van der Waals surface area contributed by atoms with Crippen LogP contribution >= 0.6 is 0 Å². The number of amides is 1. The van der Waals surface area contributed by atoms with E-state index in [1.807, 2.05) is 39.8 Å². The summed E-state index contributed by atoms with van der Waals surface area (Å²) >= 11 is 0. The van der Waals surface area contributed by atoms with Gasteiger partial charge in [-0.1, -0.05) is 45.1 Å². The van der Waals surface area contributed by atoms with Crippen molar-refractivity contribution in [3.63, 3.8) is 0 Å². The fraction of sp³-hybridized carbons (Fsp3) is 0.516. The fourth-order valence-electron chi connectivity index (χ4n) is 4.94. The van der Waals surface area contributed by atoms with Crippen molar-refractivity contribution in [2.75, 3.05) is 6.61 Å². The monoisotopic (exact) mass is 548 g/mol. The van der Waals surface area contributed by atoms with Crippen LogP contribution in [0.1, 0.15) is 96.5 Å². The predicted molar refractivity (Wildman–Crippen MR) is 152 cm³/mol. The maximum atomic E-state index is 13.0. The Kier molecular flexibility index (Phi) is 9.91. The van der Waals surface area contributed by atoms with Crippen molar-refractivity contribution in [1.29, 1.82) is 5.26 Å². The molecule has 0 radical (unpaired) electrons. The van der Waals surface area contributed by atoms with Gasteiger partial charge in [0.25, 0.3) is 0 Å². The lowest BCUT2D eigenvalue weighted by Crippen LogP contribution is -2.37. The van der Waals surface area contributed by atoms with Gasteiger partial charge in [0.1, 0.15) is 30.0 Å². The standard InChI is InChI=1S/C31H40N4O5/c1-8-21-10-12-25(36)35-27(30(4,5)6)29-34-24(18-38-17-22(33-7)11-13-26(37)39-9-2)28(40-29)31(19-32)15-14-20(3)23(31)16-21/h8,16-17,27H,3,7,9-15,18H2,1-2,4-6H3,(H,35,36)/b21-8-,22-17-,23-16+/t27-,31-/m1/s1. The summed E-state index contributed by atoms with van der Waals surface area (Å²) in [6.45, 7) is 17.8. The van der Waals surface area contributed by atoms with Crippen molar-refractivity contribution in [3.8, 4) is 6.07 Å². The summed E-state index contributed by atoms with van der Waals surface area (Å²) in [6, 6.07) is 2.00. The molecule has 0 spiro atoms. The minimum atomic E-state index is -1.10. The number of hydrogen-bond donors (Lipinski definition) is 1. The Morgan fingerprint density at radius 3 is 2.73 bits per heavy atom. The first-order valence-corrected chi connectivity index (χ1v) is 13.7. The molecule has 2 atom stereocenters. The lowest BCUT2D eigenvalue weighted by Gasteiger charge is -2.29. The van der Waals surface area contributed by atoms with E-state index in [4.69, 9.17) is 18.9 Å². The molecule has 1 saturated carbocycles. The maximum absolute atomic E-state index is 13.0. The third-order valence-corrected chi connectivity index (χ3v) is 7.23. The molecule has 0 aromatic carbocycles. The second-order valence-corrected chi connectivity index (χ2v) is 11.1. The summed E-state index contributed by atoms with van der Waals surface area (Å²) in [7, 11) is 0. The number of nitrogens with one attached hydrogen (secondary N) is 1. The lowest BCUT2D eigenvalue weighted by atomic mass is 9.78. The van der Waals surface area contributed by atoms with E-state index in [2.05, 4.69) is 29.7 Å². The summed E-state index contributed by atoms with van der Waals surface area (Å²) in [4.78, 5) is 33.5. The van der Waals surface area contributed by atoms with Gasteiger partial charge in [-0.25, -0.2) is 4.98 Å². The lowest BCUT2D eigenvalue weighted by molar-refractivity contribution is -0.143. The maximum Gasteiger partial charge on any atom is 0.306 e. The van der Waals surface area contributed by atoms with Crippen molar-refractivity contribution in [2.45, 2.75) is 91.2 Å². The quantitative estimate of drug-likeness (QED) is 0.238. The third-order valence-electron chi connectivity index (χ3n) is 7.23. The Morgan fingerprint density at radius 2 is 2.10 bits per heavy atom. The molecule has 0 saturated heterocycles. The van der Waals surface area contributed by atoms with Crippen LogP contribution in [0.15, 0.2) is 56.8 Å². The number of allylic oxidation sites excluding steroid dienone is 6. The van der Waals surface area contributed by atoms with Gasteiger partial charge in [0.15, 0.2) is 5.76 Å². The van der Waals surface area contributed by atoms with E-state index < -0.39 is 16.9 Å². The first kappa shape index (κ1) is 30.6. The van der Waals surface area contributed by atoms with Crippen molar-refractivity contribution >= 4 is 18.6 Å². The van der Waals surface area contributed by atoms with Crippen molar-refractivity contribution in [2.24, 2.45) is 10.4 Å². The van der Waals surface area contributed by atoms with E-state index in [0.717, 1.165) is 16.7 Å². The first-order chi connectivity index (χ1) is 19.0. The number of rotatable bonds is 8. The minimum Gasteiger partial charge on any atom is -0.493 e. The molecule has 9 nitrogen and oxygen atoms in total. The first-order valence-electron chi connectivity index (χ1n) is 13.7. The number of esters is 1. The van der Waals surface area contributed by atoms with Crippen LogP contribution in [0.2, 0.25) is 0 Å². The van der Waals surface area contributed by atoms with Crippen molar-refractivity contribution < 1.29 is 23.5 Å². The molecule has 2 aliphatic rings. The molecule has 0 unspecified atom stereocenters. The second kappa shape index (κ2) is 12.9. The van der Waals surface area contributed by atoms with Gasteiger partial charge in [0.05, 0.1) is 24.8 Å². The normalized spacial score (nSPS) is 24.1. The molecule has 1 aromatic heterocycles. The number of aliphatic imine (C=N–C) groups is 1. The molecule has 1 amide bonds. The summed E-state index contributed by atoms with van der Waals surface area (Å²) in [5.41, 5.74) is 1.99. The number of hydrogen-bond acceptors (Lipinski definition) is 8. The van der Waals surface area contributed by atoms with Crippen molar-refractivity contribution in [1.82, 2.24) is 10.3 Å². The van der Waals surface area contributed by atoms with Crippen LogP contribution in [0.3, 0.4) is 0 Å². The smallest absolute Gasteiger partial charge is 0.306 e. The molecule has 1 aliphatic heterocycles. The number of carbonyl (C=O) groups excluding carboxylic acids is 2. The third kappa shape index (κ3) is 6.79. The van der Waals surface area contributed by atoms with E-state index in [9.17, 15) is 14.9 Å². The van der Waals surface area contributed by atoms with E-state index in [-0.39, 0.29) is 24.9 Å². The van der Waals surface area contributed by atoms with E-state index in [1.54, 1.807) is 6.92 Å². The molecule has 2 heterocycles. The highest BCUT2D eigenvalue weighted by Gasteiger charge is 2.48. The van der Waals surface area contributed by atoms with Gasteiger partial charge in [0, 0.05) is 12.8 Å². The summed E-state index contributed by atoms with van der Waals surface area (Å²) in [5.74, 6) is 0.271. The second-order valence-electron chi connectivity index (χ2n) is 11.1. The molecule has 1 aliphatic carbocycles. The number of ether oxygens (including phenoxy) is 2. The molecular weight excluding hydrogens is 508 g/mol. The zero-order chi connectivity index (χ0) is 29.5. The Hall–Kier alpha value is -3.93. The van der Waals surface area contributed by atoms with Gasteiger partial charge in [0.2, 0.25) is 11.8 Å². The molecule has 9 heteroatoms. The van der Waals surface area contributed by atoms with Crippen LogP contribution in [0.25, 0.3) is 0 Å². The molecule has 214 valence electrons. The predicted octanol–water partition coefficient (Wildman–Crippen LogP) is 6.06. The Labute approximate surface area is 236 Å². The Balaban J connectivity index is 2.09. The Bertz CT molecular complexity index is 1290. The van der Waals surface area contributed by atoms with E-state index in [0.29, 0.717) is 61.8 Å². The Morgan fingerprint density at radius 1 is 1.35 bits per heavy atom. The van der Waals surface area contributed by atoms with E-state index >= 15 is 0 Å². The summed E-state index contributed by atoms with van der Waals surface area (Å²) < 4.78 is 17.3. The zero-order valence-corrected chi connectivity index (χ0v) is 24.3. The number of fused-ring (bicyclic) bond motifs is 4. The molecule has 3 rings (SSSR count). The highest BCUT2D eigenvalue weighted by atomic mass is 16.5. The number of nitriles is 1. The molecule has 2 bridgehead atoms. The fourth-order valence-corrected chi connectivity index (χ4v) is 4.94. The molecule has 40 heavy (non-hydrogen) atoms. The van der Waals surface area contributed by atoms with Crippen LogP contribution in [0.5, 0.6) is 0 Å². The van der Waals surface area contributed by atoms with Gasteiger partial charge >= 0.3 is 5.97 Å². The van der Waals surface area contributed by atoms with Crippen LogP contribution in [-0.2, 0) is 31.1 Å². The minimum absolute atomic E-state index is 0.0122. The van der Waals surface area contributed by atoms with Crippen LogP contribution in [0.4, 0.5) is 0 Å². The van der Waals surface area contributed by atoms with Gasteiger partial charge in [-0.05, 0) is 56.4 Å². The molecular formula is C31H40N4O5. The topological polar surface area (TPSA) is 127 Å². The zero-order valence-electron chi connectivity index (χ0n) is 24.3. The van der Waals surface area contributed by atoms with Crippen molar-refractivity contribution in [3.05, 3.63) is 64.8 Å². The average Bonchev–Trinajstić information content (AvgIpc) is 3.47. The number of oxazole rings is 1. The molecule has 1 N–H and O–H groups in total. The number of carbonyl (C=O) groups is 2. The summed E-state index contributed by atoms with van der Waals surface area (Å²) in [5, 5.41) is 13.7. The van der Waals surface area contributed by atoms with Gasteiger partial charge in [-0.2, -0.15) is 5.26 Å². The highest BCUT2D eigenvalue weighted by molar-refractivity contribution is 5.77. The van der Waals surface area contributed by atoms with Crippen LogP contribution in [-0.4, -0.2) is 30.2 Å². The number of aromatic nitrogens is 1. The summed E-state index contributed by atoms with van der Waals surface area (Å²) in [6.07, 6.45) is 7.77. The number of nitrogens with zero attached hydrogens (tertiary/aromatic N) is 3. The largest absolute Gasteiger partial charge is 0.493 e. The molecule has 1 aromatic rings. The van der Waals surface area contributed by atoms with Gasteiger partial charge < -0.3 is 19.2 Å². The van der Waals surface area contributed by atoms with Gasteiger partial charge in [-0.3, -0.25) is 14.6 Å². The van der Waals surface area contributed by atoms with E-state index in [1.165, 1.54) is 6.26 Å². The molecule has 1 fully saturated rings. The average molecular weight is 549 g/mol. The van der Waals surface area contributed by atoms with Crippen LogP contribution in [0, 0.1) is 16.7 Å².